The molecule has 1 amide bonds. The fraction of sp³-hybridized carbons (Fsp3) is 0.333. The normalized spacial score (nSPS) is 18.3. The van der Waals surface area contributed by atoms with Crippen molar-refractivity contribution < 1.29 is 18.3 Å². The highest BCUT2D eigenvalue weighted by Gasteiger charge is 2.18. The maximum Gasteiger partial charge on any atom is 0.262 e. The van der Waals surface area contributed by atoms with Crippen LogP contribution in [0.4, 0.5) is 8.78 Å². The van der Waals surface area contributed by atoms with Gasteiger partial charge in [0.05, 0.1) is 6.10 Å². The van der Waals surface area contributed by atoms with Crippen molar-refractivity contribution in [2.75, 3.05) is 13.2 Å². The predicted octanol–water partition coefficient (Wildman–Crippen LogP) is 2.17. The molecule has 21 heavy (non-hydrogen) atoms. The second-order valence-corrected chi connectivity index (χ2v) is 4.66. The SMILES string of the molecule is N#C/C(=C/c1cccc(F)c1F)C(=O)NCC1CCCO1. The molecule has 1 N–H and O–H groups in total. The number of nitriles is 1. The molecule has 1 aromatic rings. The zero-order valence-electron chi connectivity index (χ0n) is 11.2. The topological polar surface area (TPSA) is 62.1 Å². The number of nitrogens with zero attached hydrogens (tertiary/aromatic N) is 1. The van der Waals surface area contributed by atoms with E-state index in [9.17, 15) is 13.6 Å². The molecule has 6 heteroatoms. The number of carbonyl (C=O) groups is 1. The highest BCUT2D eigenvalue weighted by Crippen LogP contribution is 2.15. The lowest BCUT2D eigenvalue weighted by Crippen LogP contribution is -2.32. The third-order valence-electron chi connectivity index (χ3n) is 3.16. The largest absolute Gasteiger partial charge is 0.376 e. The van der Waals surface area contributed by atoms with Gasteiger partial charge in [-0.1, -0.05) is 12.1 Å². The first kappa shape index (κ1) is 15.1. The molecule has 1 fully saturated rings. The van der Waals surface area contributed by atoms with Gasteiger partial charge in [-0.25, -0.2) is 8.78 Å². The van der Waals surface area contributed by atoms with Crippen molar-refractivity contribution >= 4 is 12.0 Å². The van der Waals surface area contributed by atoms with Crippen LogP contribution in [-0.4, -0.2) is 25.2 Å². The molecule has 0 spiro atoms. The number of carbonyl (C=O) groups excluding carboxylic acids is 1. The molecule has 1 aromatic carbocycles. The summed E-state index contributed by atoms with van der Waals surface area (Å²) >= 11 is 0. The average molecular weight is 292 g/mol. The Kier molecular flexibility index (Phi) is 5.01. The predicted molar refractivity (Wildman–Crippen MR) is 71.9 cm³/mol. The standard InChI is InChI=1S/C15H14F2N2O2/c16-13-5-1-3-10(14(13)17)7-11(8-18)15(20)19-9-12-4-2-6-21-12/h1,3,5,7,12H,2,4,6,9H2,(H,19,20)/b11-7-. The molecule has 2 rings (SSSR count). The van der Waals surface area contributed by atoms with Crippen molar-refractivity contribution in [3.8, 4) is 6.07 Å². The fourth-order valence-electron chi connectivity index (χ4n) is 2.04. The Labute approximate surface area is 121 Å². The second-order valence-electron chi connectivity index (χ2n) is 4.66. The van der Waals surface area contributed by atoms with E-state index < -0.39 is 17.5 Å². The van der Waals surface area contributed by atoms with E-state index in [1.165, 1.54) is 12.1 Å². The van der Waals surface area contributed by atoms with Gasteiger partial charge in [0.25, 0.3) is 5.91 Å². The molecular formula is C15H14F2N2O2. The lowest BCUT2D eigenvalue weighted by atomic mass is 10.1. The molecular weight excluding hydrogens is 278 g/mol. The van der Waals surface area contributed by atoms with E-state index in [0.717, 1.165) is 25.0 Å². The van der Waals surface area contributed by atoms with Gasteiger partial charge in [0, 0.05) is 18.7 Å². The minimum atomic E-state index is -1.09. The lowest BCUT2D eigenvalue weighted by Gasteiger charge is -2.10. The van der Waals surface area contributed by atoms with Gasteiger partial charge in [0.15, 0.2) is 11.6 Å². The van der Waals surface area contributed by atoms with Gasteiger partial charge >= 0.3 is 0 Å². The number of halogens is 2. The summed E-state index contributed by atoms with van der Waals surface area (Å²) in [5, 5.41) is 11.5. The number of ether oxygens (including phenoxy) is 1. The van der Waals surface area contributed by atoms with Gasteiger partial charge in [-0.3, -0.25) is 4.79 Å². The maximum atomic E-state index is 13.5. The van der Waals surface area contributed by atoms with Crippen LogP contribution in [0.15, 0.2) is 23.8 Å². The van der Waals surface area contributed by atoms with Crippen molar-refractivity contribution in [1.29, 1.82) is 5.26 Å². The summed E-state index contributed by atoms with van der Waals surface area (Å²) in [7, 11) is 0. The quantitative estimate of drug-likeness (QED) is 0.683. The van der Waals surface area contributed by atoms with Gasteiger partial charge in [-0.2, -0.15) is 5.26 Å². The van der Waals surface area contributed by atoms with Crippen LogP contribution in [-0.2, 0) is 9.53 Å². The van der Waals surface area contributed by atoms with Crippen molar-refractivity contribution in [3.05, 3.63) is 41.0 Å². The Morgan fingerprint density at radius 1 is 1.52 bits per heavy atom. The van der Waals surface area contributed by atoms with Gasteiger partial charge in [0.1, 0.15) is 11.6 Å². The highest BCUT2D eigenvalue weighted by molar-refractivity contribution is 6.01. The third-order valence-corrected chi connectivity index (χ3v) is 3.16. The van der Waals surface area contributed by atoms with Crippen LogP contribution in [0.1, 0.15) is 18.4 Å². The summed E-state index contributed by atoms with van der Waals surface area (Å²) < 4.78 is 31.9. The number of nitrogens with one attached hydrogen (secondary N) is 1. The monoisotopic (exact) mass is 292 g/mol. The van der Waals surface area contributed by atoms with Crippen LogP contribution < -0.4 is 5.32 Å². The zero-order valence-corrected chi connectivity index (χ0v) is 11.2. The smallest absolute Gasteiger partial charge is 0.262 e. The molecule has 1 heterocycles. The first-order chi connectivity index (χ1) is 10.1. The zero-order chi connectivity index (χ0) is 15.2. The minimum absolute atomic E-state index is 0.0557. The molecule has 1 aliphatic heterocycles. The molecule has 0 saturated carbocycles. The molecule has 4 nitrogen and oxygen atoms in total. The Morgan fingerprint density at radius 3 is 3.00 bits per heavy atom. The number of hydrogen-bond donors (Lipinski definition) is 1. The molecule has 1 unspecified atom stereocenters. The van der Waals surface area contributed by atoms with Crippen LogP contribution in [0.3, 0.4) is 0 Å². The maximum absolute atomic E-state index is 13.5. The molecule has 0 radical (unpaired) electrons. The summed E-state index contributed by atoms with van der Waals surface area (Å²) in [5.74, 6) is -2.74. The lowest BCUT2D eigenvalue weighted by molar-refractivity contribution is -0.117. The Bertz CT molecular complexity index is 602. The van der Waals surface area contributed by atoms with Crippen LogP contribution in [0.2, 0.25) is 0 Å². The van der Waals surface area contributed by atoms with E-state index >= 15 is 0 Å². The van der Waals surface area contributed by atoms with Crippen LogP contribution in [0, 0.1) is 23.0 Å². The number of benzene rings is 1. The molecule has 0 aromatic heterocycles. The molecule has 1 saturated heterocycles. The molecule has 0 bridgehead atoms. The van der Waals surface area contributed by atoms with Crippen molar-refractivity contribution in [3.63, 3.8) is 0 Å². The van der Waals surface area contributed by atoms with E-state index in [4.69, 9.17) is 10.00 Å². The third kappa shape index (κ3) is 3.86. The molecule has 110 valence electrons. The Morgan fingerprint density at radius 2 is 2.33 bits per heavy atom. The van der Waals surface area contributed by atoms with Crippen LogP contribution >= 0.6 is 0 Å². The van der Waals surface area contributed by atoms with Crippen molar-refractivity contribution in [2.45, 2.75) is 18.9 Å². The van der Waals surface area contributed by atoms with Crippen LogP contribution in [0.5, 0.6) is 0 Å². The van der Waals surface area contributed by atoms with Crippen LogP contribution in [0.25, 0.3) is 6.08 Å². The van der Waals surface area contributed by atoms with E-state index in [2.05, 4.69) is 5.32 Å². The summed E-state index contributed by atoms with van der Waals surface area (Å²) in [6.45, 7) is 0.958. The van der Waals surface area contributed by atoms with Gasteiger partial charge in [-0.05, 0) is 25.0 Å². The average Bonchev–Trinajstić information content (AvgIpc) is 2.99. The van der Waals surface area contributed by atoms with Crippen molar-refractivity contribution in [1.82, 2.24) is 5.32 Å². The van der Waals surface area contributed by atoms with E-state index in [1.807, 2.05) is 0 Å². The Balaban J connectivity index is 2.07. The van der Waals surface area contributed by atoms with Gasteiger partial charge in [0.2, 0.25) is 0 Å². The van der Waals surface area contributed by atoms with Gasteiger partial charge < -0.3 is 10.1 Å². The number of amides is 1. The number of hydrogen-bond acceptors (Lipinski definition) is 3. The summed E-state index contributed by atoms with van der Waals surface area (Å²) in [6, 6.07) is 5.26. The molecule has 1 atom stereocenters. The fourth-order valence-corrected chi connectivity index (χ4v) is 2.04. The molecule has 0 aliphatic carbocycles. The Hall–Kier alpha value is -2.26. The highest BCUT2D eigenvalue weighted by atomic mass is 19.2. The van der Waals surface area contributed by atoms with Crippen molar-refractivity contribution in [2.24, 2.45) is 0 Å². The van der Waals surface area contributed by atoms with E-state index in [0.29, 0.717) is 13.2 Å². The second kappa shape index (κ2) is 6.95. The first-order valence-corrected chi connectivity index (χ1v) is 6.57. The summed E-state index contributed by atoms with van der Waals surface area (Å²) in [6.07, 6.45) is 2.77. The number of rotatable bonds is 4. The summed E-state index contributed by atoms with van der Waals surface area (Å²) in [5.41, 5.74) is -0.420. The molecule has 1 aliphatic rings. The van der Waals surface area contributed by atoms with E-state index in [-0.39, 0.29) is 17.2 Å². The van der Waals surface area contributed by atoms with E-state index in [1.54, 1.807) is 6.07 Å². The summed E-state index contributed by atoms with van der Waals surface area (Å²) in [4.78, 5) is 11.9. The minimum Gasteiger partial charge on any atom is -0.376 e. The van der Waals surface area contributed by atoms with Gasteiger partial charge in [-0.15, -0.1) is 0 Å². The first-order valence-electron chi connectivity index (χ1n) is 6.57.